The Morgan fingerprint density at radius 1 is 1.43 bits per heavy atom. The van der Waals surface area contributed by atoms with Crippen LogP contribution in [-0.2, 0) is 9.84 Å². The molecule has 5 nitrogen and oxygen atoms in total. The van der Waals surface area contributed by atoms with Crippen LogP contribution in [0.5, 0.6) is 0 Å². The average Bonchev–Trinajstić information content (AvgIpc) is 2.36. The number of nitrogens with one attached hydrogen (secondary N) is 1. The average molecular weight is 404 g/mol. The molecule has 0 saturated carbocycles. The van der Waals surface area contributed by atoms with Crippen LogP contribution in [0.15, 0.2) is 21.5 Å². The second kappa shape index (κ2) is 8.07. The summed E-state index contributed by atoms with van der Waals surface area (Å²) in [6.45, 7) is 0.937. The molecule has 0 radical (unpaired) electrons. The van der Waals surface area contributed by atoms with Gasteiger partial charge < -0.3 is 10.2 Å². The summed E-state index contributed by atoms with van der Waals surface area (Å²) in [4.78, 5) is 13.0. The van der Waals surface area contributed by atoms with Crippen LogP contribution in [0, 0.1) is 5.82 Å². The summed E-state index contributed by atoms with van der Waals surface area (Å²) in [6.07, 6.45) is 0.900. The third kappa shape index (κ3) is 5.21. The molecule has 0 fully saturated rings. The Bertz CT molecular complexity index is 625. The zero-order valence-corrected chi connectivity index (χ0v) is 15.0. The Kier molecular flexibility index (Phi) is 7.80. The van der Waals surface area contributed by atoms with Gasteiger partial charge in [-0.2, -0.15) is 0 Å². The van der Waals surface area contributed by atoms with E-state index in [-0.39, 0.29) is 18.0 Å². The largest absolute Gasteiger partial charge is 0.340 e. The first-order valence-corrected chi connectivity index (χ1v) is 8.46. The molecule has 0 saturated heterocycles. The van der Waals surface area contributed by atoms with Gasteiger partial charge in [0.15, 0.2) is 15.7 Å². The van der Waals surface area contributed by atoms with Gasteiger partial charge in [0.05, 0.1) is 5.56 Å². The van der Waals surface area contributed by atoms with Crippen LogP contribution in [0.25, 0.3) is 0 Å². The Hall–Kier alpha value is -0.700. The van der Waals surface area contributed by atoms with Gasteiger partial charge in [-0.15, -0.1) is 12.4 Å². The van der Waals surface area contributed by atoms with E-state index < -0.39 is 26.5 Å². The number of likely N-dealkylation sites (N-methyl/N-ethyl adjacent to an activating group) is 2. The summed E-state index contributed by atoms with van der Waals surface area (Å²) >= 11 is 3.10. The maximum absolute atomic E-state index is 14.2. The number of sulfone groups is 1. The van der Waals surface area contributed by atoms with Crippen LogP contribution < -0.4 is 5.32 Å². The highest BCUT2D eigenvalue weighted by Crippen LogP contribution is 2.24. The highest BCUT2D eigenvalue weighted by atomic mass is 79.9. The Morgan fingerprint density at radius 2 is 2.00 bits per heavy atom. The predicted octanol–water partition coefficient (Wildman–Crippen LogP) is 1.70. The molecule has 9 heteroatoms. The van der Waals surface area contributed by atoms with Crippen molar-refractivity contribution in [1.82, 2.24) is 10.2 Å². The van der Waals surface area contributed by atoms with Crippen molar-refractivity contribution in [1.29, 1.82) is 0 Å². The molecule has 0 heterocycles. The molecule has 1 aromatic rings. The van der Waals surface area contributed by atoms with Crippen molar-refractivity contribution in [3.63, 3.8) is 0 Å². The zero-order valence-electron chi connectivity index (χ0n) is 11.8. The number of rotatable bonds is 5. The lowest BCUT2D eigenvalue weighted by atomic mass is 10.2. The van der Waals surface area contributed by atoms with Gasteiger partial charge in [0.1, 0.15) is 4.90 Å². The van der Waals surface area contributed by atoms with Crippen LogP contribution in [0.2, 0.25) is 0 Å². The third-order valence-corrected chi connectivity index (χ3v) is 4.23. The van der Waals surface area contributed by atoms with E-state index in [4.69, 9.17) is 0 Å². The number of halogens is 3. The monoisotopic (exact) mass is 402 g/mol. The van der Waals surface area contributed by atoms with E-state index in [1.807, 2.05) is 0 Å². The molecule has 21 heavy (non-hydrogen) atoms. The molecule has 0 aliphatic carbocycles. The minimum absolute atomic E-state index is 0. The number of nitrogens with zero attached hydrogens (tertiary/aromatic N) is 1. The summed E-state index contributed by atoms with van der Waals surface area (Å²) in [5.74, 6) is -1.58. The molecular formula is C12H17BrClFN2O3S. The number of amides is 1. The van der Waals surface area contributed by atoms with Crippen molar-refractivity contribution in [2.24, 2.45) is 0 Å². The first-order valence-electron chi connectivity index (χ1n) is 5.77. The van der Waals surface area contributed by atoms with E-state index in [2.05, 4.69) is 21.2 Å². The maximum Gasteiger partial charge on any atom is 0.256 e. The minimum atomic E-state index is -3.74. The predicted molar refractivity (Wildman–Crippen MR) is 85.3 cm³/mol. The smallest absolute Gasteiger partial charge is 0.256 e. The molecule has 0 aromatic heterocycles. The Balaban J connectivity index is 0.00000400. The van der Waals surface area contributed by atoms with E-state index >= 15 is 0 Å². The molecule has 0 unspecified atom stereocenters. The fourth-order valence-corrected chi connectivity index (χ4v) is 2.96. The number of hydrogen-bond donors (Lipinski definition) is 1. The fraction of sp³-hybridized carbons (Fsp3) is 0.417. The summed E-state index contributed by atoms with van der Waals surface area (Å²) in [5, 5.41) is 2.87. The molecule has 0 spiro atoms. The van der Waals surface area contributed by atoms with Crippen LogP contribution in [0.3, 0.4) is 0 Å². The Labute approximate surface area is 138 Å². The van der Waals surface area contributed by atoms with E-state index in [9.17, 15) is 17.6 Å². The third-order valence-electron chi connectivity index (χ3n) is 2.68. The first-order chi connectivity index (χ1) is 9.18. The molecule has 0 aliphatic rings. The Morgan fingerprint density at radius 3 is 2.48 bits per heavy atom. The lowest BCUT2D eigenvalue weighted by molar-refractivity contribution is 0.0791. The minimum Gasteiger partial charge on any atom is -0.340 e. The molecule has 1 amide bonds. The van der Waals surface area contributed by atoms with Crippen molar-refractivity contribution in [3.05, 3.63) is 28.0 Å². The van der Waals surface area contributed by atoms with Crippen molar-refractivity contribution in [2.45, 2.75) is 4.90 Å². The van der Waals surface area contributed by atoms with E-state index in [1.54, 1.807) is 7.05 Å². The zero-order chi connectivity index (χ0) is 15.5. The van der Waals surface area contributed by atoms with Gasteiger partial charge in [-0.1, -0.05) is 15.9 Å². The number of hydrogen-bond acceptors (Lipinski definition) is 4. The molecule has 120 valence electrons. The lowest BCUT2D eigenvalue weighted by Crippen LogP contribution is -2.33. The summed E-state index contributed by atoms with van der Waals surface area (Å²) < 4.78 is 37.6. The van der Waals surface area contributed by atoms with Gasteiger partial charge in [-0.25, -0.2) is 12.8 Å². The quantitative estimate of drug-likeness (QED) is 0.813. The molecule has 1 rings (SSSR count). The maximum atomic E-state index is 14.2. The van der Waals surface area contributed by atoms with Gasteiger partial charge in [0.25, 0.3) is 5.91 Å². The van der Waals surface area contributed by atoms with Crippen LogP contribution in [0.4, 0.5) is 4.39 Å². The van der Waals surface area contributed by atoms with Gasteiger partial charge in [0.2, 0.25) is 0 Å². The highest BCUT2D eigenvalue weighted by molar-refractivity contribution is 9.10. The lowest BCUT2D eigenvalue weighted by Gasteiger charge is -2.18. The summed E-state index contributed by atoms with van der Waals surface area (Å²) in [7, 11) is -0.479. The molecule has 0 bridgehead atoms. The summed E-state index contributed by atoms with van der Waals surface area (Å²) in [6, 6.07) is 2.43. The van der Waals surface area contributed by atoms with Crippen molar-refractivity contribution in [2.75, 3.05) is 33.4 Å². The van der Waals surface area contributed by atoms with Crippen molar-refractivity contribution < 1.29 is 17.6 Å². The van der Waals surface area contributed by atoms with E-state index in [0.29, 0.717) is 17.6 Å². The number of carbonyl (C=O) groups is 1. The normalized spacial score (nSPS) is 10.9. The van der Waals surface area contributed by atoms with Crippen molar-refractivity contribution >= 4 is 44.1 Å². The molecule has 1 N–H and O–H groups in total. The van der Waals surface area contributed by atoms with E-state index in [0.717, 1.165) is 12.3 Å². The van der Waals surface area contributed by atoms with Crippen molar-refractivity contribution in [3.8, 4) is 0 Å². The fourth-order valence-electron chi connectivity index (χ4n) is 1.58. The van der Waals surface area contributed by atoms with Crippen LogP contribution in [-0.4, -0.2) is 52.7 Å². The highest BCUT2D eigenvalue weighted by Gasteiger charge is 2.23. The second-order valence-electron chi connectivity index (χ2n) is 4.37. The van der Waals surface area contributed by atoms with E-state index in [1.165, 1.54) is 18.0 Å². The summed E-state index contributed by atoms with van der Waals surface area (Å²) in [5.41, 5.74) is -0.265. The second-order valence-corrected chi connectivity index (χ2v) is 7.27. The van der Waals surface area contributed by atoms with Gasteiger partial charge in [-0.05, 0) is 19.2 Å². The van der Waals surface area contributed by atoms with Gasteiger partial charge in [0, 0.05) is 30.9 Å². The number of carbonyl (C=O) groups excluding carboxylic acids is 1. The van der Waals surface area contributed by atoms with Gasteiger partial charge >= 0.3 is 0 Å². The van der Waals surface area contributed by atoms with Gasteiger partial charge in [-0.3, -0.25) is 4.79 Å². The molecular weight excluding hydrogens is 387 g/mol. The molecule has 0 aliphatic heterocycles. The molecule has 1 aromatic carbocycles. The first kappa shape index (κ1) is 20.3. The standard InChI is InChI=1S/C12H16BrFN2O3S.ClH/c1-15-4-5-16(2)12(17)9-6-8(13)7-10(11(9)14)20(3,18)19;/h6-7,15H,4-5H2,1-3H3;1H. The number of benzene rings is 1. The topological polar surface area (TPSA) is 66.5 Å². The molecule has 0 atom stereocenters. The van der Waals surface area contributed by atoms with Crippen LogP contribution >= 0.6 is 28.3 Å². The SMILES string of the molecule is CNCCN(C)C(=O)c1cc(Br)cc(S(C)(=O)=O)c1F.Cl. The van der Waals surface area contributed by atoms with Crippen LogP contribution in [0.1, 0.15) is 10.4 Å².